The number of nitrogens with one attached hydrogen (secondary N) is 1. The van der Waals surface area contributed by atoms with Crippen molar-refractivity contribution in [3.63, 3.8) is 0 Å². The SMILES string of the molecule is Cc1ncnc(C)c1-c1cc(NC(=O)c2ccc(F)cc2)ccc1OCCN1CCCC1. The van der Waals surface area contributed by atoms with Crippen molar-refractivity contribution in [2.75, 3.05) is 31.6 Å². The molecule has 0 saturated carbocycles. The van der Waals surface area contributed by atoms with Gasteiger partial charge in [0.25, 0.3) is 5.91 Å². The van der Waals surface area contributed by atoms with Gasteiger partial charge in [0.05, 0.1) is 0 Å². The maximum atomic E-state index is 13.2. The van der Waals surface area contributed by atoms with Crippen LogP contribution in [-0.2, 0) is 0 Å². The van der Waals surface area contributed by atoms with Crippen molar-refractivity contribution in [2.24, 2.45) is 0 Å². The molecule has 0 aliphatic carbocycles. The van der Waals surface area contributed by atoms with E-state index in [9.17, 15) is 9.18 Å². The van der Waals surface area contributed by atoms with Crippen LogP contribution >= 0.6 is 0 Å². The lowest BCUT2D eigenvalue weighted by Gasteiger charge is -2.18. The Morgan fingerprint density at radius 3 is 2.44 bits per heavy atom. The second-order valence-corrected chi connectivity index (χ2v) is 7.99. The van der Waals surface area contributed by atoms with Crippen LogP contribution in [0.2, 0.25) is 0 Å². The molecule has 4 rings (SSSR count). The first kappa shape index (κ1) is 21.9. The van der Waals surface area contributed by atoms with Gasteiger partial charge in [0.2, 0.25) is 0 Å². The van der Waals surface area contributed by atoms with Crippen molar-refractivity contribution < 1.29 is 13.9 Å². The molecule has 1 aromatic heterocycles. The maximum absolute atomic E-state index is 13.2. The Kier molecular flexibility index (Phi) is 6.75. The van der Waals surface area contributed by atoms with E-state index in [0.717, 1.165) is 47.9 Å². The highest BCUT2D eigenvalue weighted by Crippen LogP contribution is 2.35. The topological polar surface area (TPSA) is 67.3 Å². The number of rotatable bonds is 7. The summed E-state index contributed by atoms with van der Waals surface area (Å²) >= 11 is 0. The van der Waals surface area contributed by atoms with E-state index < -0.39 is 0 Å². The number of halogens is 1. The lowest BCUT2D eigenvalue weighted by molar-refractivity contribution is 0.102. The van der Waals surface area contributed by atoms with E-state index in [0.29, 0.717) is 17.9 Å². The summed E-state index contributed by atoms with van der Waals surface area (Å²) in [6.07, 6.45) is 4.03. The van der Waals surface area contributed by atoms with Crippen molar-refractivity contribution in [2.45, 2.75) is 26.7 Å². The smallest absolute Gasteiger partial charge is 0.255 e. The average Bonchev–Trinajstić information content (AvgIpc) is 3.29. The van der Waals surface area contributed by atoms with Crippen LogP contribution in [0.3, 0.4) is 0 Å². The van der Waals surface area contributed by atoms with Gasteiger partial charge in [-0.3, -0.25) is 9.69 Å². The monoisotopic (exact) mass is 434 g/mol. The molecule has 2 heterocycles. The highest BCUT2D eigenvalue weighted by Gasteiger charge is 2.17. The molecule has 3 aromatic rings. The third-order valence-electron chi connectivity index (χ3n) is 5.70. The summed E-state index contributed by atoms with van der Waals surface area (Å²) in [6, 6.07) is 11.0. The Bertz CT molecular complexity index is 1080. The predicted molar refractivity (Wildman–Crippen MR) is 122 cm³/mol. The van der Waals surface area contributed by atoms with Gasteiger partial charge in [0, 0.05) is 40.3 Å². The third kappa shape index (κ3) is 5.11. The molecule has 2 aromatic carbocycles. The van der Waals surface area contributed by atoms with Gasteiger partial charge >= 0.3 is 0 Å². The standard InChI is InChI=1S/C25H27FN4O2/c1-17-24(18(2)28-16-27-17)22-15-21(29-25(31)19-5-7-20(26)8-6-19)9-10-23(22)32-14-13-30-11-3-4-12-30/h5-10,15-16H,3-4,11-14H2,1-2H3,(H,29,31). The molecule has 166 valence electrons. The van der Waals surface area contributed by atoms with Gasteiger partial charge in [-0.05, 0) is 82.2 Å². The summed E-state index contributed by atoms with van der Waals surface area (Å²) in [5.74, 6) is 0.0377. The van der Waals surface area contributed by atoms with Crippen molar-refractivity contribution >= 4 is 11.6 Å². The average molecular weight is 435 g/mol. The van der Waals surface area contributed by atoms with E-state index in [4.69, 9.17) is 4.74 Å². The quantitative estimate of drug-likeness (QED) is 0.587. The first-order valence-electron chi connectivity index (χ1n) is 10.9. The Morgan fingerprint density at radius 1 is 1.06 bits per heavy atom. The Hall–Kier alpha value is -3.32. The summed E-state index contributed by atoms with van der Waals surface area (Å²) < 4.78 is 19.3. The van der Waals surface area contributed by atoms with Gasteiger partial charge in [-0.25, -0.2) is 14.4 Å². The molecule has 32 heavy (non-hydrogen) atoms. The van der Waals surface area contributed by atoms with Gasteiger partial charge in [0.1, 0.15) is 24.5 Å². The molecular formula is C25H27FN4O2. The Labute approximate surface area is 187 Å². The third-order valence-corrected chi connectivity index (χ3v) is 5.70. The molecule has 0 atom stereocenters. The molecule has 6 nitrogen and oxygen atoms in total. The minimum atomic E-state index is -0.380. The number of amides is 1. The van der Waals surface area contributed by atoms with Gasteiger partial charge in [-0.15, -0.1) is 0 Å². The first-order valence-corrected chi connectivity index (χ1v) is 10.9. The number of hydrogen-bond acceptors (Lipinski definition) is 5. The normalized spacial score (nSPS) is 13.8. The molecule has 7 heteroatoms. The molecule has 1 N–H and O–H groups in total. The molecular weight excluding hydrogens is 407 g/mol. The van der Waals surface area contributed by atoms with E-state index in [1.165, 1.54) is 37.1 Å². The lowest BCUT2D eigenvalue weighted by Crippen LogP contribution is -2.25. The number of carbonyl (C=O) groups is 1. The zero-order chi connectivity index (χ0) is 22.5. The highest BCUT2D eigenvalue weighted by molar-refractivity contribution is 6.04. The van der Waals surface area contributed by atoms with Crippen molar-refractivity contribution in [3.8, 4) is 16.9 Å². The number of hydrogen-bond donors (Lipinski definition) is 1. The fourth-order valence-electron chi connectivity index (χ4n) is 4.01. The van der Waals surface area contributed by atoms with Crippen LogP contribution in [0.25, 0.3) is 11.1 Å². The van der Waals surface area contributed by atoms with E-state index in [2.05, 4.69) is 20.2 Å². The minimum absolute atomic E-state index is 0.309. The van der Waals surface area contributed by atoms with Crippen LogP contribution in [-0.4, -0.2) is 47.0 Å². The molecule has 0 bridgehead atoms. The van der Waals surface area contributed by atoms with Crippen molar-refractivity contribution in [1.82, 2.24) is 14.9 Å². The molecule has 1 saturated heterocycles. The number of carbonyl (C=O) groups excluding carboxylic acids is 1. The van der Waals surface area contributed by atoms with Gasteiger partial charge < -0.3 is 10.1 Å². The summed E-state index contributed by atoms with van der Waals surface area (Å²) in [5.41, 5.74) is 4.39. The summed E-state index contributed by atoms with van der Waals surface area (Å²) in [4.78, 5) is 23.7. The molecule has 0 radical (unpaired) electrons. The number of ether oxygens (including phenoxy) is 1. The van der Waals surface area contributed by atoms with E-state index in [-0.39, 0.29) is 11.7 Å². The van der Waals surface area contributed by atoms with Crippen LogP contribution in [0.4, 0.5) is 10.1 Å². The van der Waals surface area contributed by atoms with Gasteiger partial charge in [-0.1, -0.05) is 0 Å². The number of nitrogens with zero attached hydrogens (tertiary/aromatic N) is 3. The van der Waals surface area contributed by atoms with Gasteiger partial charge in [0.15, 0.2) is 0 Å². The van der Waals surface area contributed by atoms with Crippen LogP contribution in [0, 0.1) is 19.7 Å². The molecule has 1 aliphatic rings. The van der Waals surface area contributed by atoms with Crippen LogP contribution < -0.4 is 10.1 Å². The predicted octanol–water partition coefficient (Wildman–Crippen LogP) is 4.63. The molecule has 1 aliphatic heterocycles. The molecule has 1 fully saturated rings. The zero-order valence-electron chi connectivity index (χ0n) is 18.4. The minimum Gasteiger partial charge on any atom is -0.492 e. The molecule has 0 unspecified atom stereocenters. The Morgan fingerprint density at radius 2 is 1.75 bits per heavy atom. The number of benzene rings is 2. The van der Waals surface area contributed by atoms with Crippen molar-refractivity contribution in [3.05, 3.63) is 71.6 Å². The fraction of sp³-hybridized carbons (Fsp3) is 0.320. The van der Waals surface area contributed by atoms with Gasteiger partial charge in [-0.2, -0.15) is 0 Å². The highest BCUT2D eigenvalue weighted by atomic mass is 19.1. The van der Waals surface area contributed by atoms with E-state index in [1.54, 1.807) is 6.33 Å². The number of aromatic nitrogens is 2. The first-order chi connectivity index (χ1) is 15.5. The number of aryl methyl sites for hydroxylation is 2. The summed E-state index contributed by atoms with van der Waals surface area (Å²) in [6.45, 7) is 7.57. The number of likely N-dealkylation sites (tertiary alicyclic amines) is 1. The molecule has 1 amide bonds. The van der Waals surface area contributed by atoms with E-state index >= 15 is 0 Å². The second kappa shape index (κ2) is 9.87. The summed E-state index contributed by atoms with van der Waals surface area (Å²) in [5, 5.41) is 2.89. The fourth-order valence-corrected chi connectivity index (χ4v) is 4.01. The summed E-state index contributed by atoms with van der Waals surface area (Å²) in [7, 11) is 0. The van der Waals surface area contributed by atoms with Crippen LogP contribution in [0.15, 0.2) is 48.8 Å². The van der Waals surface area contributed by atoms with Crippen LogP contribution in [0.5, 0.6) is 5.75 Å². The number of anilines is 1. The zero-order valence-corrected chi connectivity index (χ0v) is 18.4. The Balaban J connectivity index is 1.60. The molecule has 0 spiro atoms. The van der Waals surface area contributed by atoms with Crippen LogP contribution in [0.1, 0.15) is 34.6 Å². The largest absolute Gasteiger partial charge is 0.492 e. The van der Waals surface area contributed by atoms with Crippen molar-refractivity contribution in [1.29, 1.82) is 0 Å². The maximum Gasteiger partial charge on any atom is 0.255 e. The van der Waals surface area contributed by atoms with E-state index in [1.807, 2.05) is 32.0 Å². The lowest BCUT2D eigenvalue weighted by atomic mass is 10.0. The second-order valence-electron chi connectivity index (χ2n) is 7.99.